The molecule has 4 nitrogen and oxygen atoms in total. The summed E-state index contributed by atoms with van der Waals surface area (Å²) in [6.07, 6.45) is 1.04. The van der Waals surface area contributed by atoms with Gasteiger partial charge < -0.3 is 10.2 Å². The predicted molar refractivity (Wildman–Crippen MR) is 106 cm³/mol. The molecule has 6 heteroatoms. The zero-order valence-corrected chi connectivity index (χ0v) is 16.8. The standard InChI is InChI=1S/C18H29N3O.2ClH/c1-5-21(14(2)3)13-15-6-8-16(9-7-15)18(22)20(4)17-10-11-19-12-17;;/h6-9,14,17,19H,5,10-13H2,1-4H3;2*1H. The van der Waals surface area contributed by atoms with Crippen LogP contribution in [0.1, 0.15) is 43.1 Å². The first kappa shape index (κ1) is 23.2. The zero-order valence-electron chi connectivity index (χ0n) is 15.1. The van der Waals surface area contributed by atoms with E-state index < -0.39 is 0 Å². The Bertz CT molecular complexity index is 488. The normalized spacial score (nSPS) is 16.7. The molecule has 1 unspecified atom stereocenters. The number of nitrogens with zero attached hydrogens (tertiary/aromatic N) is 2. The molecule has 0 saturated carbocycles. The average Bonchev–Trinajstić information content (AvgIpc) is 3.05. The molecule has 0 aliphatic carbocycles. The van der Waals surface area contributed by atoms with E-state index in [1.165, 1.54) is 5.56 Å². The van der Waals surface area contributed by atoms with Gasteiger partial charge in [-0.1, -0.05) is 19.1 Å². The van der Waals surface area contributed by atoms with Gasteiger partial charge in [0.2, 0.25) is 0 Å². The van der Waals surface area contributed by atoms with Crippen LogP contribution in [0.2, 0.25) is 0 Å². The topological polar surface area (TPSA) is 35.6 Å². The van der Waals surface area contributed by atoms with Crippen LogP contribution in [-0.2, 0) is 6.54 Å². The molecule has 1 N–H and O–H groups in total. The van der Waals surface area contributed by atoms with Crippen LogP contribution >= 0.6 is 24.8 Å². The van der Waals surface area contributed by atoms with Crippen molar-refractivity contribution in [3.63, 3.8) is 0 Å². The molecule has 0 bridgehead atoms. The smallest absolute Gasteiger partial charge is 0.253 e. The van der Waals surface area contributed by atoms with E-state index in [4.69, 9.17) is 0 Å². The average molecular weight is 376 g/mol. The molecular weight excluding hydrogens is 345 g/mol. The van der Waals surface area contributed by atoms with Gasteiger partial charge in [-0.25, -0.2) is 0 Å². The van der Waals surface area contributed by atoms with Crippen molar-refractivity contribution in [3.8, 4) is 0 Å². The molecule has 1 fully saturated rings. The zero-order chi connectivity index (χ0) is 16.1. The lowest BCUT2D eigenvalue weighted by molar-refractivity contribution is 0.0743. The number of halogens is 2. The number of amides is 1. The number of hydrogen-bond donors (Lipinski definition) is 1. The van der Waals surface area contributed by atoms with Crippen molar-refractivity contribution in [1.82, 2.24) is 15.1 Å². The molecule has 24 heavy (non-hydrogen) atoms. The van der Waals surface area contributed by atoms with E-state index in [0.29, 0.717) is 12.1 Å². The van der Waals surface area contributed by atoms with Gasteiger partial charge in [0.05, 0.1) is 0 Å². The van der Waals surface area contributed by atoms with Gasteiger partial charge in [-0.2, -0.15) is 0 Å². The fraction of sp³-hybridized carbons (Fsp3) is 0.611. The van der Waals surface area contributed by atoms with Gasteiger partial charge in [0.15, 0.2) is 0 Å². The number of benzene rings is 1. The minimum atomic E-state index is 0. The van der Waals surface area contributed by atoms with Gasteiger partial charge in [-0.05, 0) is 51.1 Å². The maximum atomic E-state index is 12.5. The summed E-state index contributed by atoms with van der Waals surface area (Å²) in [5, 5.41) is 3.31. The Morgan fingerprint density at radius 2 is 1.88 bits per heavy atom. The van der Waals surface area contributed by atoms with Crippen LogP contribution in [0, 0.1) is 0 Å². The SMILES string of the molecule is CCN(Cc1ccc(C(=O)N(C)C2CCNC2)cc1)C(C)C.Cl.Cl. The molecule has 2 rings (SSSR count). The van der Waals surface area contributed by atoms with Crippen LogP contribution in [0.3, 0.4) is 0 Å². The van der Waals surface area contributed by atoms with Gasteiger partial charge in [0.1, 0.15) is 0 Å². The quantitative estimate of drug-likeness (QED) is 0.828. The van der Waals surface area contributed by atoms with Crippen LogP contribution in [0.4, 0.5) is 0 Å². The molecule has 1 atom stereocenters. The molecule has 1 amide bonds. The van der Waals surface area contributed by atoms with E-state index >= 15 is 0 Å². The van der Waals surface area contributed by atoms with Gasteiger partial charge >= 0.3 is 0 Å². The lowest BCUT2D eigenvalue weighted by Crippen LogP contribution is -2.38. The number of nitrogens with one attached hydrogen (secondary N) is 1. The lowest BCUT2D eigenvalue weighted by atomic mass is 10.1. The van der Waals surface area contributed by atoms with Crippen LogP contribution in [0.5, 0.6) is 0 Å². The molecule has 1 aliphatic heterocycles. The van der Waals surface area contributed by atoms with Gasteiger partial charge in [0.25, 0.3) is 5.91 Å². The second-order valence-electron chi connectivity index (χ2n) is 6.42. The number of rotatable bonds is 6. The highest BCUT2D eigenvalue weighted by Gasteiger charge is 2.23. The second kappa shape index (κ2) is 10.9. The molecule has 138 valence electrons. The lowest BCUT2D eigenvalue weighted by Gasteiger charge is -2.25. The molecule has 1 aromatic carbocycles. The molecule has 1 aromatic rings. The summed E-state index contributed by atoms with van der Waals surface area (Å²) in [4.78, 5) is 16.8. The molecule has 0 spiro atoms. The minimum absolute atomic E-state index is 0. The Morgan fingerprint density at radius 3 is 2.33 bits per heavy atom. The fourth-order valence-electron chi connectivity index (χ4n) is 2.99. The van der Waals surface area contributed by atoms with E-state index in [0.717, 1.165) is 38.2 Å². The van der Waals surface area contributed by atoms with Crippen LogP contribution in [0.15, 0.2) is 24.3 Å². The van der Waals surface area contributed by atoms with Crippen molar-refractivity contribution in [1.29, 1.82) is 0 Å². The third-order valence-corrected chi connectivity index (χ3v) is 4.63. The molecule has 1 saturated heterocycles. The van der Waals surface area contributed by atoms with Crippen molar-refractivity contribution in [2.45, 2.75) is 45.8 Å². The molecule has 0 radical (unpaired) electrons. The summed E-state index contributed by atoms with van der Waals surface area (Å²) >= 11 is 0. The first-order chi connectivity index (χ1) is 10.5. The highest BCUT2D eigenvalue weighted by Crippen LogP contribution is 2.14. The molecule has 1 heterocycles. The van der Waals surface area contributed by atoms with Crippen molar-refractivity contribution >= 4 is 30.7 Å². The summed E-state index contributed by atoms with van der Waals surface area (Å²) in [5.74, 6) is 0.122. The summed E-state index contributed by atoms with van der Waals surface area (Å²) in [5.41, 5.74) is 2.04. The van der Waals surface area contributed by atoms with Gasteiger partial charge in [0, 0.05) is 37.8 Å². The van der Waals surface area contributed by atoms with E-state index in [9.17, 15) is 4.79 Å². The summed E-state index contributed by atoms with van der Waals surface area (Å²) in [6, 6.07) is 8.95. The molecular formula is C18H31Cl2N3O. The first-order valence-corrected chi connectivity index (χ1v) is 8.33. The van der Waals surface area contributed by atoms with E-state index in [2.05, 4.69) is 43.1 Å². The summed E-state index contributed by atoms with van der Waals surface area (Å²) in [7, 11) is 1.91. The summed E-state index contributed by atoms with van der Waals surface area (Å²) < 4.78 is 0. The van der Waals surface area contributed by atoms with Crippen LogP contribution in [-0.4, -0.2) is 54.5 Å². The first-order valence-electron chi connectivity index (χ1n) is 8.33. The van der Waals surface area contributed by atoms with Crippen LogP contribution in [0.25, 0.3) is 0 Å². The Morgan fingerprint density at radius 1 is 1.25 bits per heavy atom. The minimum Gasteiger partial charge on any atom is -0.337 e. The van der Waals surface area contributed by atoms with Crippen molar-refractivity contribution in [3.05, 3.63) is 35.4 Å². The Kier molecular flexibility index (Phi) is 10.6. The summed E-state index contributed by atoms with van der Waals surface area (Å²) in [6.45, 7) is 10.5. The maximum Gasteiger partial charge on any atom is 0.253 e. The van der Waals surface area contributed by atoms with Gasteiger partial charge in [-0.15, -0.1) is 24.8 Å². The highest BCUT2D eigenvalue weighted by molar-refractivity contribution is 5.94. The molecule has 1 aliphatic rings. The van der Waals surface area contributed by atoms with E-state index in [1.54, 1.807) is 0 Å². The third kappa shape index (κ3) is 5.92. The van der Waals surface area contributed by atoms with E-state index in [1.807, 2.05) is 24.1 Å². The second-order valence-corrected chi connectivity index (χ2v) is 6.42. The largest absolute Gasteiger partial charge is 0.337 e. The van der Waals surface area contributed by atoms with Crippen molar-refractivity contribution < 1.29 is 4.79 Å². The third-order valence-electron chi connectivity index (χ3n) is 4.63. The number of carbonyl (C=O) groups is 1. The Balaban J connectivity index is 0.00000264. The van der Waals surface area contributed by atoms with Crippen molar-refractivity contribution in [2.24, 2.45) is 0 Å². The highest BCUT2D eigenvalue weighted by atomic mass is 35.5. The monoisotopic (exact) mass is 375 g/mol. The predicted octanol–water partition coefficient (Wildman–Crippen LogP) is 3.19. The van der Waals surface area contributed by atoms with E-state index in [-0.39, 0.29) is 30.7 Å². The van der Waals surface area contributed by atoms with Crippen molar-refractivity contribution in [2.75, 3.05) is 26.7 Å². The fourth-order valence-corrected chi connectivity index (χ4v) is 2.99. The van der Waals surface area contributed by atoms with Crippen LogP contribution < -0.4 is 5.32 Å². The number of carbonyl (C=O) groups excluding carboxylic acids is 1. The Labute approximate surface area is 158 Å². The number of hydrogen-bond acceptors (Lipinski definition) is 3. The molecule has 0 aromatic heterocycles. The number of likely N-dealkylation sites (N-methyl/N-ethyl adjacent to an activating group) is 1. The maximum absolute atomic E-state index is 12.5. The Hall–Kier alpha value is -0.810. The van der Waals surface area contributed by atoms with Gasteiger partial charge in [-0.3, -0.25) is 9.69 Å².